The molecule has 2 heterocycles. The molecule has 3 nitrogen and oxygen atoms in total. The molecule has 0 amide bonds. The summed E-state index contributed by atoms with van der Waals surface area (Å²) < 4.78 is 0. The molecule has 1 aliphatic rings. The van der Waals surface area contributed by atoms with Gasteiger partial charge in [-0.2, -0.15) is 5.10 Å². The summed E-state index contributed by atoms with van der Waals surface area (Å²) in [6, 6.07) is 8.42. The van der Waals surface area contributed by atoms with Gasteiger partial charge < -0.3 is 5.73 Å². The number of nitrogens with one attached hydrogen (secondary N) is 1. The summed E-state index contributed by atoms with van der Waals surface area (Å²) in [4.78, 5) is 1.41. The van der Waals surface area contributed by atoms with Crippen LogP contribution in [0.1, 0.15) is 12.5 Å². The molecule has 0 spiro atoms. The molecule has 0 saturated carbocycles. The molecule has 3 N–H and O–H groups in total. The molecule has 3 rings (SSSR count). The fraction of sp³-hybridized carbons (Fsp3) is 0.250. The van der Waals surface area contributed by atoms with Crippen LogP contribution >= 0.6 is 11.8 Å². The van der Waals surface area contributed by atoms with E-state index in [2.05, 4.69) is 35.3 Å². The zero-order valence-corrected chi connectivity index (χ0v) is 9.84. The minimum atomic E-state index is 0.540. The number of hydrogen-bond acceptors (Lipinski definition) is 3. The van der Waals surface area contributed by atoms with E-state index in [1.165, 1.54) is 10.5 Å². The lowest BCUT2D eigenvalue weighted by atomic mass is 10.1. The van der Waals surface area contributed by atoms with E-state index in [4.69, 9.17) is 5.73 Å². The van der Waals surface area contributed by atoms with Crippen LogP contribution in [0.3, 0.4) is 0 Å². The molecule has 1 atom stereocenters. The summed E-state index contributed by atoms with van der Waals surface area (Å²) >= 11 is 1.95. The zero-order chi connectivity index (χ0) is 11.1. The standard InChI is InChI=1S/C12H13N3S/c1-7-4-9-5-8(2-3-11(9)16-7)10-6-12(13)15-14-10/h2-3,5-7H,4H2,1H3,(H3,13,14,15). The Hall–Kier alpha value is -1.42. The number of thioether (sulfide) groups is 1. The van der Waals surface area contributed by atoms with Crippen LogP contribution < -0.4 is 5.73 Å². The van der Waals surface area contributed by atoms with Gasteiger partial charge in [0.1, 0.15) is 5.82 Å². The fourth-order valence-corrected chi connectivity index (χ4v) is 3.21. The second-order valence-corrected chi connectivity index (χ2v) is 5.64. The number of anilines is 1. The average Bonchev–Trinajstić information content (AvgIpc) is 2.81. The van der Waals surface area contributed by atoms with E-state index in [0.29, 0.717) is 11.1 Å². The highest BCUT2D eigenvalue weighted by molar-refractivity contribution is 8.00. The maximum Gasteiger partial charge on any atom is 0.145 e. The van der Waals surface area contributed by atoms with Gasteiger partial charge in [0.05, 0.1) is 5.69 Å². The van der Waals surface area contributed by atoms with Crippen LogP contribution in [-0.2, 0) is 6.42 Å². The predicted molar refractivity (Wildman–Crippen MR) is 67.5 cm³/mol. The molecular formula is C12H13N3S. The molecule has 1 aliphatic heterocycles. The lowest BCUT2D eigenvalue weighted by Gasteiger charge is -2.01. The zero-order valence-electron chi connectivity index (χ0n) is 9.03. The molecule has 4 heteroatoms. The van der Waals surface area contributed by atoms with Gasteiger partial charge in [-0.3, -0.25) is 5.10 Å². The molecule has 82 valence electrons. The molecule has 0 aliphatic carbocycles. The SMILES string of the molecule is CC1Cc2cc(-c3cc(N)n[nH]3)ccc2S1. The van der Waals surface area contributed by atoms with Gasteiger partial charge in [-0.1, -0.05) is 13.0 Å². The lowest BCUT2D eigenvalue weighted by molar-refractivity contribution is 0.960. The van der Waals surface area contributed by atoms with Gasteiger partial charge in [0, 0.05) is 16.2 Å². The monoisotopic (exact) mass is 231 g/mol. The summed E-state index contributed by atoms with van der Waals surface area (Å²) in [7, 11) is 0. The molecular weight excluding hydrogens is 218 g/mol. The summed E-state index contributed by atoms with van der Waals surface area (Å²) in [6.45, 7) is 2.26. The number of hydrogen-bond donors (Lipinski definition) is 2. The van der Waals surface area contributed by atoms with Gasteiger partial charge in [-0.15, -0.1) is 11.8 Å². The minimum absolute atomic E-state index is 0.540. The van der Waals surface area contributed by atoms with Crippen LogP contribution in [-0.4, -0.2) is 15.4 Å². The summed E-state index contributed by atoms with van der Waals surface area (Å²) in [5.41, 5.74) is 9.19. The van der Waals surface area contributed by atoms with Crippen LogP contribution in [0.2, 0.25) is 0 Å². The molecule has 0 saturated heterocycles. The maximum atomic E-state index is 5.60. The van der Waals surface area contributed by atoms with Crippen LogP contribution in [0.15, 0.2) is 29.2 Å². The van der Waals surface area contributed by atoms with E-state index >= 15 is 0 Å². The van der Waals surface area contributed by atoms with Gasteiger partial charge in [-0.25, -0.2) is 0 Å². The molecule has 0 radical (unpaired) electrons. The maximum absolute atomic E-state index is 5.60. The normalized spacial score (nSPS) is 18.7. The molecule has 1 unspecified atom stereocenters. The van der Waals surface area contributed by atoms with Crippen molar-refractivity contribution < 1.29 is 0 Å². The Bertz CT molecular complexity index is 533. The first-order valence-electron chi connectivity index (χ1n) is 5.33. The van der Waals surface area contributed by atoms with Crippen molar-refractivity contribution in [3.05, 3.63) is 29.8 Å². The smallest absolute Gasteiger partial charge is 0.145 e. The topological polar surface area (TPSA) is 54.7 Å². The molecule has 16 heavy (non-hydrogen) atoms. The number of rotatable bonds is 1. The van der Waals surface area contributed by atoms with Crippen molar-refractivity contribution in [2.24, 2.45) is 0 Å². The van der Waals surface area contributed by atoms with E-state index in [1.807, 2.05) is 17.8 Å². The largest absolute Gasteiger partial charge is 0.382 e. The third kappa shape index (κ3) is 1.59. The summed E-state index contributed by atoms with van der Waals surface area (Å²) in [5.74, 6) is 0.540. The first kappa shape index (κ1) is 9.78. The van der Waals surface area contributed by atoms with E-state index in [9.17, 15) is 0 Å². The van der Waals surface area contributed by atoms with Crippen LogP contribution in [0.4, 0.5) is 5.82 Å². The highest BCUT2D eigenvalue weighted by Gasteiger charge is 2.18. The van der Waals surface area contributed by atoms with Crippen molar-refractivity contribution in [1.82, 2.24) is 10.2 Å². The second-order valence-electron chi connectivity index (χ2n) is 4.16. The molecule has 0 fully saturated rings. The van der Waals surface area contributed by atoms with Gasteiger partial charge in [0.2, 0.25) is 0 Å². The predicted octanol–water partition coefficient (Wildman–Crippen LogP) is 2.70. The Labute approximate surface area is 98.4 Å². The van der Waals surface area contributed by atoms with Crippen molar-refractivity contribution in [1.29, 1.82) is 0 Å². The Kier molecular flexibility index (Phi) is 2.17. The molecule has 2 aromatic rings. The van der Waals surface area contributed by atoms with Crippen molar-refractivity contribution in [3.8, 4) is 11.3 Å². The van der Waals surface area contributed by atoms with Crippen LogP contribution in [0, 0.1) is 0 Å². The van der Waals surface area contributed by atoms with E-state index in [1.54, 1.807) is 0 Å². The molecule has 1 aromatic carbocycles. The third-order valence-corrected chi connectivity index (χ3v) is 4.03. The second kappa shape index (κ2) is 3.56. The highest BCUT2D eigenvalue weighted by atomic mass is 32.2. The van der Waals surface area contributed by atoms with E-state index in [-0.39, 0.29) is 0 Å². The van der Waals surface area contributed by atoms with Crippen molar-refractivity contribution in [2.75, 3.05) is 5.73 Å². The van der Waals surface area contributed by atoms with Crippen molar-refractivity contribution >= 4 is 17.6 Å². The summed E-state index contributed by atoms with van der Waals surface area (Å²) in [6.07, 6.45) is 1.15. The highest BCUT2D eigenvalue weighted by Crippen LogP contribution is 2.38. The first-order valence-corrected chi connectivity index (χ1v) is 6.21. The number of aromatic nitrogens is 2. The summed E-state index contributed by atoms with van der Waals surface area (Å²) in [5, 5.41) is 7.58. The number of aromatic amines is 1. The van der Waals surface area contributed by atoms with Gasteiger partial charge in [0.25, 0.3) is 0 Å². The Morgan fingerprint density at radius 2 is 2.31 bits per heavy atom. The molecule has 1 aromatic heterocycles. The van der Waals surface area contributed by atoms with Crippen molar-refractivity contribution in [2.45, 2.75) is 23.5 Å². The van der Waals surface area contributed by atoms with Crippen LogP contribution in [0.5, 0.6) is 0 Å². The Balaban J connectivity index is 2.02. The lowest BCUT2D eigenvalue weighted by Crippen LogP contribution is -1.91. The van der Waals surface area contributed by atoms with E-state index < -0.39 is 0 Å². The van der Waals surface area contributed by atoms with Gasteiger partial charge >= 0.3 is 0 Å². The number of fused-ring (bicyclic) bond motifs is 1. The average molecular weight is 231 g/mol. The Morgan fingerprint density at radius 3 is 3.06 bits per heavy atom. The quantitative estimate of drug-likeness (QED) is 0.793. The van der Waals surface area contributed by atoms with Crippen LogP contribution in [0.25, 0.3) is 11.3 Å². The number of nitrogens with zero attached hydrogens (tertiary/aromatic N) is 1. The fourth-order valence-electron chi connectivity index (χ4n) is 2.07. The minimum Gasteiger partial charge on any atom is -0.382 e. The number of nitrogens with two attached hydrogens (primary N) is 1. The third-order valence-electron chi connectivity index (χ3n) is 2.80. The molecule has 0 bridgehead atoms. The number of H-pyrrole nitrogens is 1. The van der Waals surface area contributed by atoms with Gasteiger partial charge in [-0.05, 0) is 29.7 Å². The Morgan fingerprint density at radius 1 is 1.44 bits per heavy atom. The van der Waals surface area contributed by atoms with Gasteiger partial charge in [0.15, 0.2) is 0 Å². The number of benzene rings is 1. The first-order chi connectivity index (χ1) is 7.72. The van der Waals surface area contributed by atoms with E-state index in [0.717, 1.165) is 17.7 Å². The number of nitrogen functional groups attached to an aromatic ring is 1. The van der Waals surface area contributed by atoms with Crippen molar-refractivity contribution in [3.63, 3.8) is 0 Å².